The zero-order valence-corrected chi connectivity index (χ0v) is 28.0. The first kappa shape index (κ1) is 34.8. The molecule has 2 aromatic rings. The highest BCUT2D eigenvalue weighted by molar-refractivity contribution is 7.75. The van der Waals surface area contributed by atoms with Crippen LogP contribution in [-0.2, 0) is 25.7 Å². The maximum absolute atomic E-state index is 12.8. The van der Waals surface area contributed by atoms with Crippen LogP contribution < -0.4 is 10.6 Å². The summed E-state index contributed by atoms with van der Waals surface area (Å²) >= 11 is 0. The molecule has 0 bridgehead atoms. The van der Waals surface area contributed by atoms with E-state index >= 15 is 0 Å². The maximum Gasteiger partial charge on any atom is 0.106 e. The zero-order valence-electron chi connectivity index (χ0n) is 26.2. The van der Waals surface area contributed by atoms with Crippen molar-refractivity contribution in [1.82, 2.24) is 0 Å². The molecule has 2 aromatic carbocycles. The summed E-state index contributed by atoms with van der Waals surface area (Å²) in [6.45, 7) is 0. The minimum Gasteiger partial charge on any atom is -0.384 e. The van der Waals surface area contributed by atoms with Crippen molar-refractivity contribution in [2.45, 2.75) is 57.5 Å². The van der Waals surface area contributed by atoms with Gasteiger partial charge < -0.3 is 5.11 Å². The summed E-state index contributed by atoms with van der Waals surface area (Å²) in [6, 6.07) is 8.36. The number of aliphatic hydroxyl groups excluding tert-OH is 1. The van der Waals surface area contributed by atoms with Crippen molar-refractivity contribution in [2.75, 3.05) is 0 Å². The number of hydrogen-bond acceptors (Lipinski definition) is 1. The second-order valence-electron chi connectivity index (χ2n) is 10.3. The molecule has 1 nitrogen and oxygen atoms in total. The van der Waals surface area contributed by atoms with Gasteiger partial charge in [0.15, 0.2) is 0 Å². The van der Waals surface area contributed by atoms with Crippen molar-refractivity contribution in [3.63, 3.8) is 0 Å². The monoisotopic (exact) mass is 644 g/mol. The summed E-state index contributed by atoms with van der Waals surface area (Å²) in [4.78, 5) is 0. The van der Waals surface area contributed by atoms with E-state index in [1.807, 2.05) is 12.1 Å². The molecule has 3 heteroatoms. The largest absolute Gasteiger partial charge is 0.384 e. The predicted molar refractivity (Wildman–Crippen MR) is 201 cm³/mol. The lowest BCUT2D eigenvalue weighted by atomic mass is 9.81. The number of aryl methyl sites for hydroxylation is 2. The van der Waals surface area contributed by atoms with Crippen molar-refractivity contribution in [2.24, 2.45) is 0 Å². The standard InChI is InChI=1S/C45H26OP2/c1-5-9-13-21-33-47(34-22-14-10-6-2)41-31-29-37-25-17-19-27-39(37)43(41)45(46)44-40-28-20-18-26-38(40)30-32-42(44)48(35-23-15-11-7-3)36-24-16-12-8-4/h1-4,29-32,45-46H,17-20,25-28H2. The number of aliphatic hydroxyl groups is 1. The Kier molecular flexibility index (Phi) is 13.7. The number of hydrogen-bond donors (Lipinski definition) is 1. The Morgan fingerprint density at radius 3 is 1.12 bits per heavy atom. The number of benzene rings is 2. The number of terminal acetylenes is 4. The molecule has 0 unspecified atom stereocenters. The van der Waals surface area contributed by atoms with Crippen LogP contribution in [0.25, 0.3) is 0 Å². The van der Waals surface area contributed by atoms with Gasteiger partial charge >= 0.3 is 0 Å². The first-order valence-corrected chi connectivity index (χ1v) is 17.8. The highest BCUT2D eigenvalue weighted by Gasteiger charge is 2.31. The van der Waals surface area contributed by atoms with Crippen LogP contribution in [0, 0.1) is 143 Å². The van der Waals surface area contributed by atoms with Gasteiger partial charge in [0.25, 0.3) is 0 Å². The van der Waals surface area contributed by atoms with Crippen molar-refractivity contribution in [3.8, 4) is 143 Å². The van der Waals surface area contributed by atoms with Crippen molar-refractivity contribution in [3.05, 3.63) is 57.6 Å². The van der Waals surface area contributed by atoms with E-state index < -0.39 is 21.9 Å². The zero-order chi connectivity index (χ0) is 34.0. The Balaban J connectivity index is 2.06. The van der Waals surface area contributed by atoms with E-state index in [0.717, 1.165) is 84.2 Å². The van der Waals surface area contributed by atoms with Crippen molar-refractivity contribution >= 4 is 26.5 Å². The van der Waals surface area contributed by atoms with Crippen LogP contribution in [0.2, 0.25) is 0 Å². The van der Waals surface area contributed by atoms with E-state index in [9.17, 15) is 5.11 Å². The van der Waals surface area contributed by atoms with Gasteiger partial charge in [0.05, 0.1) is 15.8 Å². The number of fused-ring (bicyclic) bond motifs is 2. The summed E-state index contributed by atoms with van der Waals surface area (Å²) in [5, 5.41) is 14.5. The second kappa shape index (κ2) is 18.8. The van der Waals surface area contributed by atoms with E-state index in [2.05, 4.69) is 130 Å². The number of rotatable bonds is 4. The van der Waals surface area contributed by atoms with Gasteiger partial charge in [-0.3, -0.25) is 0 Å². The Morgan fingerprint density at radius 2 is 0.792 bits per heavy atom. The average molecular weight is 645 g/mol. The SMILES string of the molecule is C#CC#CC#CP(C#CC#CC#C)c1ccc2c(c1C(O)c1c(P(C#CC#CC#C)C#CC#CC#C)ccc3c1CCCC3)CCCC2. The molecule has 0 saturated heterocycles. The lowest BCUT2D eigenvalue weighted by Gasteiger charge is -2.30. The molecular formula is C45H26OP2. The molecule has 2 aliphatic carbocycles. The van der Waals surface area contributed by atoms with Gasteiger partial charge in [0, 0.05) is 10.6 Å². The molecule has 0 atom stereocenters. The van der Waals surface area contributed by atoms with Crippen molar-refractivity contribution < 1.29 is 5.11 Å². The van der Waals surface area contributed by atoms with Crippen LogP contribution in [0.3, 0.4) is 0 Å². The Morgan fingerprint density at radius 1 is 0.458 bits per heavy atom. The smallest absolute Gasteiger partial charge is 0.106 e. The van der Waals surface area contributed by atoms with Crippen LogP contribution in [0.15, 0.2) is 24.3 Å². The van der Waals surface area contributed by atoms with Crippen LogP contribution in [0.4, 0.5) is 0 Å². The lowest BCUT2D eigenvalue weighted by molar-refractivity contribution is 0.219. The molecule has 0 heterocycles. The van der Waals surface area contributed by atoms with E-state index in [0.29, 0.717) is 0 Å². The summed E-state index contributed by atoms with van der Waals surface area (Å²) < 4.78 is 0. The highest BCUT2D eigenvalue weighted by atomic mass is 31.1. The average Bonchev–Trinajstić information content (AvgIpc) is 3.12. The van der Waals surface area contributed by atoms with E-state index in [1.165, 1.54) is 11.1 Å². The van der Waals surface area contributed by atoms with Gasteiger partial charge in [-0.15, -0.1) is 25.7 Å². The quantitative estimate of drug-likeness (QED) is 0.362. The Hall–Kier alpha value is -6.02. The van der Waals surface area contributed by atoms with Gasteiger partial charge in [0.1, 0.15) is 6.10 Å². The first-order chi connectivity index (χ1) is 23.6. The third-order valence-corrected chi connectivity index (χ3v) is 10.7. The molecule has 4 rings (SSSR count). The normalized spacial score (nSPS) is 11.2. The fourth-order valence-corrected chi connectivity index (χ4v) is 8.44. The van der Waals surface area contributed by atoms with E-state index in [-0.39, 0.29) is 0 Å². The fourth-order valence-electron chi connectivity index (χ4n) is 5.73. The molecule has 2 aliphatic rings. The molecule has 222 valence electrons. The molecule has 0 aliphatic heterocycles. The van der Waals surface area contributed by atoms with Gasteiger partial charge in [-0.25, -0.2) is 0 Å². The molecule has 0 saturated carbocycles. The molecule has 48 heavy (non-hydrogen) atoms. The molecule has 0 radical (unpaired) electrons. The minimum absolute atomic E-state index is 0.826. The van der Waals surface area contributed by atoms with Crippen molar-refractivity contribution in [1.29, 1.82) is 0 Å². The van der Waals surface area contributed by atoms with Gasteiger partial charge in [0.2, 0.25) is 0 Å². The van der Waals surface area contributed by atoms with Gasteiger partial charge in [-0.05, 0) is 202 Å². The molecule has 1 N–H and O–H groups in total. The molecule has 0 spiro atoms. The van der Waals surface area contributed by atoms with Crippen LogP contribution in [0.5, 0.6) is 0 Å². The summed E-state index contributed by atoms with van der Waals surface area (Å²) in [7, 11) is -2.92. The molecular weight excluding hydrogens is 618 g/mol. The molecule has 0 fully saturated rings. The van der Waals surface area contributed by atoms with Crippen LogP contribution >= 0.6 is 15.8 Å². The third-order valence-electron chi connectivity index (χ3n) is 7.60. The molecule has 0 aromatic heterocycles. The second-order valence-corrected chi connectivity index (χ2v) is 13.5. The summed E-state index contributed by atoms with van der Waals surface area (Å²) in [5.74, 6) is 41.6. The van der Waals surface area contributed by atoms with Gasteiger partial charge in [-0.2, -0.15) is 0 Å². The topological polar surface area (TPSA) is 20.2 Å². The van der Waals surface area contributed by atoms with E-state index in [1.54, 1.807) is 0 Å². The van der Waals surface area contributed by atoms with E-state index in [4.69, 9.17) is 25.7 Å². The fraction of sp³-hybridized carbons (Fsp3) is 0.200. The first-order valence-electron chi connectivity index (χ1n) is 15.1. The Bertz CT molecular complexity index is 2050. The Labute approximate surface area is 288 Å². The highest BCUT2D eigenvalue weighted by Crippen LogP contribution is 2.44. The summed E-state index contributed by atoms with van der Waals surface area (Å²) in [6.07, 6.45) is 28.0. The molecule has 0 amide bonds. The summed E-state index contributed by atoms with van der Waals surface area (Å²) in [5.41, 5.74) is 19.2. The van der Waals surface area contributed by atoms with Crippen LogP contribution in [0.1, 0.15) is 65.2 Å². The van der Waals surface area contributed by atoms with Crippen LogP contribution in [-0.4, -0.2) is 5.11 Å². The van der Waals surface area contributed by atoms with Gasteiger partial charge in [-0.1, -0.05) is 24.3 Å². The minimum atomic E-state index is -1.46. The third kappa shape index (κ3) is 9.04. The maximum atomic E-state index is 12.8. The predicted octanol–water partition coefficient (Wildman–Crippen LogP) is 5.13. The lowest BCUT2D eigenvalue weighted by Crippen LogP contribution is -2.26.